The lowest BCUT2D eigenvalue weighted by Gasteiger charge is -2.21. The lowest BCUT2D eigenvalue weighted by molar-refractivity contribution is -0.116. The van der Waals surface area contributed by atoms with Crippen LogP contribution in [0.25, 0.3) is 0 Å². The zero-order valence-electron chi connectivity index (χ0n) is 16.1. The fraction of sp³-hybridized carbons (Fsp3) is 0.316. The van der Waals surface area contributed by atoms with Gasteiger partial charge in [0.05, 0.1) is 38.8 Å². The Balaban J connectivity index is 2.21. The molecule has 0 heterocycles. The van der Waals surface area contributed by atoms with E-state index in [9.17, 15) is 13.2 Å². The highest BCUT2D eigenvalue weighted by molar-refractivity contribution is 7.89. The van der Waals surface area contributed by atoms with Crippen LogP contribution in [0.15, 0.2) is 35.2 Å². The summed E-state index contributed by atoms with van der Waals surface area (Å²) in [6, 6.07) is 7.40. The second-order valence-corrected chi connectivity index (χ2v) is 9.25. The smallest absolute Gasteiger partial charge is 0.243 e. The summed E-state index contributed by atoms with van der Waals surface area (Å²) in [5, 5.41) is 3.23. The molecule has 0 spiro atoms. The van der Waals surface area contributed by atoms with Crippen molar-refractivity contribution in [2.45, 2.75) is 25.7 Å². The number of benzene rings is 2. The average molecular weight is 480 g/mol. The molecule has 0 aromatic heterocycles. The first kappa shape index (κ1) is 23.8. The summed E-state index contributed by atoms with van der Waals surface area (Å²) in [6.07, 6.45) is 0. The largest absolute Gasteiger partial charge is 0.494 e. The average Bonchev–Trinajstić information content (AvgIpc) is 2.65. The van der Waals surface area contributed by atoms with Crippen LogP contribution in [-0.4, -0.2) is 38.3 Å². The third-order valence-electron chi connectivity index (χ3n) is 4.04. The number of sulfonamides is 1. The molecule has 2 rings (SSSR count). The highest BCUT2D eigenvalue weighted by Crippen LogP contribution is 2.32. The molecule has 1 N–H and O–H groups in total. The van der Waals surface area contributed by atoms with E-state index in [1.807, 2.05) is 6.92 Å². The van der Waals surface area contributed by atoms with E-state index in [0.717, 1.165) is 4.31 Å². The Kier molecular flexibility index (Phi) is 8.19. The van der Waals surface area contributed by atoms with Crippen molar-refractivity contribution in [3.05, 3.63) is 51.0 Å². The van der Waals surface area contributed by atoms with Crippen LogP contribution in [0, 0.1) is 6.92 Å². The van der Waals surface area contributed by atoms with Gasteiger partial charge in [0.25, 0.3) is 0 Å². The predicted octanol–water partition coefficient (Wildman–Crippen LogP) is 5.00. The molecule has 0 saturated heterocycles. The lowest BCUT2D eigenvalue weighted by Crippen LogP contribution is -2.37. The van der Waals surface area contributed by atoms with E-state index >= 15 is 0 Å². The molecular formula is C19H21Cl3N2O4S. The Labute approximate surface area is 185 Å². The summed E-state index contributed by atoms with van der Waals surface area (Å²) in [6.45, 7) is 5.46. The highest BCUT2D eigenvalue weighted by Gasteiger charge is 2.26. The second-order valence-electron chi connectivity index (χ2n) is 6.09. The van der Waals surface area contributed by atoms with Gasteiger partial charge in [-0.2, -0.15) is 4.31 Å². The van der Waals surface area contributed by atoms with E-state index in [0.29, 0.717) is 17.9 Å². The van der Waals surface area contributed by atoms with Gasteiger partial charge in [0.1, 0.15) is 5.75 Å². The summed E-state index contributed by atoms with van der Waals surface area (Å²) >= 11 is 17.9. The molecule has 2 aromatic rings. The van der Waals surface area contributed by atoms with E-state index < -0.39 is 15.9 Å². The highest BCUT2D eigenvalue weighted by atomic mass is 35.5. The van der Waals surface area contributed by atoms with Crippen molar-refractivity contribution in [1.82, 2.24) is 4.31 Å². The van der Waals surface area contributed by atoms with Gasteiger partial charge in [-0.3, -0.25) is 4.79 Å². The Hall–Kier alpha value is -1.51. The van der Waals surface area contributed by atoms with Gasteiger partial charge >= 0.3 is 0 Å². The Morgan fingerprint density at radius 1 is 1.07 bits per heavy atom. The zero-order valence-corrected chi connectivity index (χ0v) is 19.2. The molecule has 0 saturated carbocycles. The number of amides is 1. The van der Waals surface area contributed by atoms with Crippen molar-refractivity contribution in [2.75, 3.05) is 25.0 Å². The third kappa shape index (κ3) is 5.77. The van der Waals surface area contributed by atoms with Crippen molar-refractivity contribution in [3.8, 4) is 5.75 Å². The fourth-order valence-electron chi connectivity index (χ4n) is 2.58. The number of halogens is 3. The van der Waals surface area contributed by atoms with E-state index in [2.05, 4.69) is 5.32 Å². The molecular weight excluding hydrogens is 459 g/mol. The molecule has 29 heavy (non-hydrogen) atoms. The van der Waals surface area contributed by atoms with E-state index in [4.69, 9.17) is 39.5 Å². The maximum atomic E-state index is 13.0. The number of rotatable bonds is 8. The monoisotopic (exact) mass is 478 g/mol. The molecule has 6 nitrogen and oxygen atoms in total. The molecule has 2 aromatic carbocycles. The minimum absolute atomic E-state index is 0.0840. The van der Waals surface area contributed by atoms with Crippen LogP contribution in [0.4, 0.5) is 5.69 Å². The van der Waals surface area contributed by atoms with Crippen LogP contribution < -0.4 is 10.1 Å². The van der Waals surface area contributed by atoms with Crippen molar-refractivity contribution in [1.29, 1.82) is 0 Å². The maximum Gasteiger partial charge on any atom is 0.243 e. The number of anilines is 1. The standard InChI is InChI=1S/C19H21Cl3N2O4S/c1-4-24(11-19(25)23-17-10-15(21)14(20)9-16(17)22)29(26,27)13-6-7-18(28-5-2)12(3)8-13/h6-10H,4-5,11H2,1-3H3,(H,23,25). The van der Waals surface area contributed by atoms with Gasteiger partial charge in [-0.15, -0.1) is 0 Å². The minimum atomic E-state index is -3.88. The van der Waals surface area contributed by atoms with Crippen molar-refractivity contribution in [3.63, 3.8) is 0 Å². The van der Waals surface area contributed by atoms with Gasteiger partial charge < -0.3 is 10.1 Å². The molecule has 0 fully saturated rings. The van der Waals surface area contributed by atoms with Crippen molar-refractivity contribution < 1.29 is 17.9 Å². The van der Waals surface area contributed by atoms with Gasteiger partial charge in [-0.25, -0.2) is 8.42 Å². The number of carbonyl (C=O) groups is 1. The molecule has 10 heteroatoms. The summed E-state index contributed by atoms with van der Waals surface area (Å²) in [5.41, 5.74) is 0.937. The van der Waals surface area contributed by atoms with Crippen LogP contribution >= 0.6 is 34.8 Å². The maximum absolute atomic E-state index is 13.0. The molecule has 0 aliphatic carbocycles. The number of carbonyl (C=O) groups excluding carboxylic acids is 1. The van der Waals surface area contributed by atoms with E-state index in [1.165, 1.54) is 24.3 Å². The van der Waals surface area contributed by atoms with Gasteiger partial charge in [-0.1, -0.05) is 41.7 Å². The molecule has 0 atom stereocenters. The number of nitrogens with zero attached hydrogens (tertiary/aromatic N) is 1. The summed E-state index contributed by atoms with van der Waals surface area (Å²) in [5.74, 6) is 0.0554. The van der Waals surface area contributed by atoms with E-state index in [1.54, 1.807) is 19.9 Å². The summed E-state index contributed by atoms with van der Waals surface area (Å²) in [4.78, 5) is 12.5. The Morgan fingerprint density at radius 3 is 2.31 bits per heavy atom. The van der Waals surface area contributed by atoms with Crippen LogP contribution in [0.5, 0.6) is 5.75 Å². The first-order valence-corrected chi connectivity index (χ1v) is 11.4. The lowest BCUT2D eigenvalue weighted by atomic mass is 10.2. The summed E-state index contributed by atoms with van der Waals surface area (Å²) < 4.78 is 32.5. The first-order chi connectivity index (χ1) is 13.6. The zero-order chi connectivity index (χ0) is 21.8. The Bertz CT molecular complexity index is 1010. The SMILES string of the molecule is CCOc1ccc(S(=O)(=O)N(CC)CC(=O)Nc2cc(Cl)c(Cl)cc2Cl)cc1C. The molecule has 158 valence electrons. The van der Waals surface area contributed by atoms with Gasteiger partial charge in [-0.05, 0) is 49.7 Å². The fourth-order valence-corrected chi connectivity index (χ4v) is 4.67. The third-order valence-corrected chi connectivity index (χ3v) is 6.99. The number of likely N-dealkylation sites (N-methyl/N-ethyl adjacent to an activating group) is 1. The minimum Gasteiger partial charge on any atom is -0.494 e. The van der Waals surface area contributed by atoms with Crippen molar-refractivity contribution in [2.24, 2.45) is 0 Å². The molecule has 1 amide bonds. The molecule has 0 aliphatic rings. The van der Waals surface area contributed by atoms with Crippen LogP contribution in [-0.2, 0) is 14.8 Å². The summed E-state index contributed by atoms with van der Waals surface area (Å²) in [7, 11) is -3.88. The number of aryl methyl sites for hydroxylation is 1. The quantitative estimate of drug-likeness (QED) is 0.540. The van der Waals surface area contributed by atoms with Gasteiger partial charge in [0.2, 0.25) is 15.9 Å². The molecule has 0 aliphatic heterocycles. The van der Waals surface area contributed by atoms with Crippen LogP contribution in [0.2, 0.25) is 15.1 Å². The van der Waals surface area contributed by atoms with Gasteiger partial charge in [0.15, 0.2) is 0 Å². The number of ether oxygens (including phenoxy) is 1. The van der Waals surface area contributed by atoms with Crippen LogP contribution in [0.1, 0.15) is 19.4 Å². The molecule has 0 bridgehead atoms. The Morgan fingerprint density at radius 2 is 1.72 bits per heavy atom. The number of nitrogens with one attached hydrogen (secondary N) is 1. The predicted molar refractivity (Wildman–Crippen MR) is 117 cm³/mol. The topological polar surface area (TPSA) is 75.7 Å². The normalized spacial score (nSPS) is 11.6. The molecule has 0 unspecified atom stereocenters. The van der Waals surface area contributed by atoms with Crippen LogP contribution in [0.3, 0.4) is 0 Å². The van der Waals surface area contributed by atoms with Crippen molar-refractivity contribution >= 4 is 56.4 Å². The number of hydrogen-bond donors (Lipinski definition) is 1. The van der Waals surface area contributed by atoms with Gasteiger partial charge in [0, 0.05) is 6.54 Å². The molecule has 0 radical (unpaired) electrons. The number of hydrogen-bond acceptors (Lipinski definition) is 4. The second kappa shape index (κ2) is 10.00. The van der Waals surface area contributed by atoms with E-state index in [-0.39, 0.29) is 38.7 Å². The first-order valence-electron chi connectivity index (χ1n) is 8.78.